The number of alkyl halides is 1. The number of benzene rings is 2. The van der Waals surface area contributed by atoms with Crippen molar-refractivity contribution in [3.63, 3.8) is 0 Å². The van der Waals surface area contributed by atoms with Crippen LogP contribution >= 0.6 is 0 Å². The van der Waals surface area contributed by atoms with Crippen molar-refractivity contribution >= 4 is 5.97 Å². The molecule has 0 aromatic heterocycles. The summed E-state index contributed by atoms with van der Waals surface area (Å²) in [5.41, 5.74) is 2.09. The van der Waals surface area contributed by atoms with E-state index in [4.69, 9.17) is 9.47 Å². The largest absolute Gasteiger partial charge is 0.494 e. The second-order valence-electron chi connectivity index (χ2n) is 8.44. The number of ether oxygens (including phenoxy) is 2. The SMILES string of the molecule is CCCCCCCCOc1ccc(-c2ccc(OC(=O)CC(F)CCCCC)cc2)cc1. The summed E-state index contributed by atoms with van der Waals surface area (Å²) in [6.45, 7) is 5.06. The van der Waals surface area contributed by atoms with E-state index in [9.17, 15) is 9.18 Å². The zero-order valence-electron chi connectivity index (χ0n) is 19.8. The Morgan fingerprint density at radius 2 is 1.28 bits per heavy atom. The van der Waals surface area contributed by atoms with Crippen molar-refractivity contribution in [3.8, 4) is 22.6 Å². The lowest BCUT2D eigenvalue weighted by atomic mass is 10.1. The van der Waals surface area contributed by atoms with Crippen molar-refractivity contribution in [1.82, 2.24) is 0 Å². The summed E-state index contributed by atoms with van der Waals surface area (Å²) in [5.74, 6) is 0.805. The van der Waals surface area contributed by atoms with E-state index in [-0.39, 0.29) is 6.42 Å². The maximum atomic E-state index is 13.8. The molecule has 2 aromatic rings. The van der Waals surface area contributed by atoms with Crippen molar-refractivity contribution < 1.29 is 18.7 Å². The van der Waals surface area contributed by atoms with Crippen LogP contribution in [0.15, 0.2) is 48.5 Å². The molecule has 0 aliphatic carbocycles. The van der Waals surface area contributed by atoms with Gasteiger partial charge in [0, 0.05) is 0 Å². The Labute approximate surface area is 193 Å². The summed E-state index contributed by atoms with van der Waals surface area (Å²) >= 11 is 0. The Morgan fingerprint density at radius 3 is 1.91 bits per heavy atom. The first kappa shape index (κ1) is 25.9. The molecule has 0 amide bonds. The lowest BCUT2D eigenvalue weighted by molar-refractivity contribution is -0.135. The minimum atomic E-state index is -1.13. The van der Waals surface area contributed by atoms with Gasteiger partial charge in [0.25, 0.3) is 0 Å². The smallest absolute Gasteiger partial charge is 0.314 e. The van der Waals surface area contributed by atoms with Gasteiger partial charge in [-0.1, -0.05) is 89.5 Å². The first-order valence-electron chi connectivity index (χ1n) is 12.3. The van der Waals surface area contributed by atoms with Gasteiger partial charge in [-0.3, -0.25) is 4.79 Å². The number of carbonyl (C=O) groups excluding carboxylic acids is 1. The van der Waals surface area contributed by atoms with Crippen molar-refractivity contribution in [2.75, 3.05) is 6.61 Å². The number of unbranched alkanes of at least 4 members (excludes halogenated alkanes) is 7. The fourth-order valence-electron chi connectivity index (χ4n) is 3.60. The molecule has 0 N–H and O–H groups in total. The maximum Gasteiger partial charge on any atom is 0.314 e. The summed E-state index contributed by atoms with van der Waals surface area (Å²) in [7, 11) is 0. The summed E-state index contributed by atoms with van der Waals surface area (Å²) < 4.78 is 25.0. The number of carbonyl (C=O) groups is 1. The average Bonchev–Trinajstić information content (AvgIpc) is 2.79. The lowest BCUT2D eigenvalue weighted by Crippen LogP contribution is -2.14. The Kier molecular flexibility index (Phi) is 12.5. The van der Waals surface area contributed by atoms with Crippen LogP contribution in [0, 0.1) is 0 Å². The van der Waals surface area contributed by atoms with Crippen molar-refractivity contribution in [1.29, 1.82) is 0 Å². The Morgan fingerprint density at radius 1 is 0.750 bits per heavy atom. The van der Waals surface area contributed by atoms with Crippen molar-refractivity contribution in [2.45, 2.75) is 90.6 Å². The summed E-state index contributed by atoms with van der Waals surface area (Å²) in [6.07, 6.45) is 9.45. The first-order valence-corrected chi connectivity index (χ1v) is 12.3. The molecular weight excluding hydrogens is 403 g/mol. The third kappa shape index (κ3) is 10.3. The number of hydrogen-bond donors (Lipinski definition) is 0. The molecule has 1 unspecified atom stereocenters. The number of halogens is 1. The molecular formula is C28H39FO3. The molecule has 2 aromatic carbocycles. The molecule has 4 heteroatoms. The maximum absolute atomic E-state index is 13.8. The highest BCUT2D eigenvalue weighted by molar-refractivity contribution is 5.73. The monoisotopic (exact) mass is 442 g/mol. The molecule has 0 bridgehead atoms. The van der Waals surface area contributed by atoms with E-state index in [0.717, 1.165) is 49.2 Å². The molecule has 2 rings (SSSR count). The van der Waals surface area contributed by atoms with E-state index < -0.39 is 12.1 Å². The minimum absolute atomic E-state index is 0.189. The number of rotatable bonds is 16. The van der Waals surface area contributed by atoms with Gasteiger partial charge in [0.1, 0.15) is 17.7 Å². The van der Waals surface area contributed by atoms with Crippen LogP contribution in [0.4, 0.5) is 4.39 Å². The molecule has 0 saturated carbocycles. The molecule has 0 heterocycles. The van der Waals surface area contributed by atoms with Gasteiger partial charge in [-0.2, -0.15) is 0 Å². The topological polar surface area (TPSA) is 35.5 Å². The van der Waals surface area contributed by atoms with Gasteiger partial charge in [0.2, 0.25) is 0 Å². The minimum Gasteiger partial charge on any atom is -0.494 e. The van der Waals surface area contributed by atoms with Crippen LogP contribution in [0.3, 0.4) is 0 Å². The second-order valence-corrected chi connectivity index (χ2v) is 8.44. The van der Waals surface area contributed by atoms with Crippen LogP contribution in [-0.4, -0.2) is 18.7 Å². The summed E-state index contributed by atoms with van der Waals surface area (Å²) in [4.78, 5) is 11.9. The zero-order chi connectivity index (χ0) is 23.0. The fraction of sp³-hybridized carbons (Fsp3) is 0.536. The summed E-state index contributed by atoms with van der Waals surface area (Å²) in [5, 5.41) is 0. The third-order valence-electron chi connectivity index (χ3n) is 5.55. The third-order valence-corrected chi connectivity index (χ3v) is 5.55. The highest BCUT2D eigenvalue weighted by Gasteiger charge is 2.14. The molecule has 176 valence electrons. The van der Waals surface area contributed by atoms with Gasteiger partial charge >= 0.3 is 5.97 Å². The van der Waals surface area contributed by atoms with E-state index in [1.54, 1.807) is 12.1 Å². The molecule has 3 nitrogen and oxygen atoms in total. The van der Waals surface area contributed by atoms with E-state index in [2.05, 4.69) is 13.8 Å². The molecule has 32 heavy (non-hydrogen) atoms. The van der Waals surface area contributed by atoms with E-state index >= 15 is 0 Å². The molecule has 1 atom stereocenters. The van der Waals surface area contributed by atoms with Gasteiger partial charge in [-0.05, 0) is 48.2 Å². The van der Waals surface area contributed by atoms with Gasteiger partial charge in [-0.25, -0.2) is 4.39 Å². The van der Waals surface area contributed by atoms with Gasteiger partial charge in [0.15, 0.2) is 0 Å². The lowest BCUT2D eigenvalue weighted by Gasteiger charge is -2.09. The van der Waals surface area contributed by atoms with Crippen LogP contribution in [0.5, 0.6) is 11.5 Å². The Hall–Kier alpha value is -2.36. The number of hydrogen-bond acceptors (Lipinski definition) is 3. The Bertz CT molecular complexity index is 755. The van der Waals surface area contributed by atoms with E-state index in [1.807, 2.05) is 36.4 Å². The van der Waals surface area contributed by atoms with Gasteiger partial charge in [0.05, 0.1) is 13.0 Å². The molecule has 0 saturated heterocycles. The first-order chi connectivity index (χ1) is 15.6. The van der Waals surface area contributed by atoms with Crippen LogP contribution in [0.25, 0.3) is 11.1 Å². The van der Waals surface area contributed by atoms with E-state index in [1.165, 1.54) is 32.1 Å². The standard InChI is InChI=1S/C28H39FO3/c1-3-5-7-8-9-11-21-31-26-17-13-23(14-18-26)24-15-19-27(20-16-24)32-28(30)22-25(29)12-10-6-4-2/h13-20,25H,3-12,21-22H2,1-2H3. The highest BCUT2D eigenvalue weighted by Crippen LogP contribution is 2.25. The molecule has 0 radical (unpaired) electrons. The van der Waals surface area contributed by atoms with Crippen LogP contribution in [-0.2, 0) is 4.79 Å². The predicted octanol–water partition coefficient (Wildman–Crippen LogP) is 8.31. The zero-order valence-corrected chi connectivity index (χ0v) is 19.8. The molecule has 0 aliphatic heterocycles. The van der Waals surface area contributed by atoms with Gasteiger partial charge in [-0.15, -0.1) is 0 Å². The predicted molar refractivity (Wildman–Crippen MR) is 130 cm³/mol. The van der Waals surface area contributed by atoms with E-state index in [0.29, 0.717) is 12.2 Å². The molecule has 0 fully saturated rings. The quantitative estimate of drug-likeness (QED) is 0.149. The second kappa shape index (κ2) is 15.4. The fourth-order valence-corrected chi connectivity index (χ4v) is 3.60. The number of esters is 1. The van der Waals surface area contributed by atoms with Crippen molar-refractivity contribution in [2.24, 2.45) is 0 Å². The highest BCUT2D eigenvalue weighted by atomic mass is 19.1. The Balaban J connectivity index is 1.74. The molecule has 0 aliphatic rings. The molecule has 0 spiro atoms. The van der Waals surface area contributed by atoms with Gasteiger partial charge < -0.3 is 9.47 Å². The van der Waals surface area contributed by atoms with Crippen molar-refractivity contribution in [3.05, 3.63) is 48.5 Å². The average molecular weight is 443 g/mol. The van der Waals surface area contributed by atoms with Crippen LogP contribution < -0.4 is 9.47 Å². The normalized spacial score (nSPS) is 11.8. The summed E-state index contributed by atoms with van der Waals surface area (Å²) in [6, 6.07) is 15.3. The van der Waals surface area contributed by atoms with Crippen LogP contribution in [0.1, 0.15) is 84.5 Å². The van der Waals surface area contributed by atoms with Crippen LogP contribution in [0.2, 0.25) is 0 Å².